The molecule has 1 aromatic rings. The molecule has 1 aromatic carbocycles. The van der Waals surface area contributed by atoms with Gasteiger partial charge in [0.1, 0.15) is 5.75 Å². The molecule has 0 radical (unpaired) electrons. The predicted octanol–water partition coefficient (Wildman–Crippen LogP) is 3.00. The van der Waals surface area contributed by atoms with Crippen molar-refractivity contribution < 1.29 is 14.6 Å². The molecule has 0 atom stereocenters. The fraction of sp³-hybridized carbons (Fsp3) is 0.588. The smallest absolute Gasteiger partial charge is 0.251 e. The first-order valence-electron chi connectivity index (χ1n) is 7.62. The quantitative estimate of drug-likeness (QED) is 0.774. The molecule has 0 spiro atoms. The van der Waals surface area contributed by atoms with E-state index in [0.717, 1.165) is 12.8 Å². The second-order valence-electron chi connectivity index (χ2n) is 5.74. The van der Waals surface area contributed by atoms with Gasteiger partial charge in [0.2, 0.25) is 0 Å². The summed E-state index contributed by atoms with van der Waals surface area (Å²) in [5.74, 6) is 0.556. The summed E-state index contributed by atoms with van der Waals surface area (Å²) >= 11 is 0. The number of aliphatic hydroxyl groups excluding tert-OH is 1. The van der Waals surface area contributed by atoms with Gasteiger partial charge in [-0.2, -0.15) is 0 Å². The highest BCUT2D eigenvalue weighted by molar-refractivity contribution is 5.94. The summed E-state index contributed by atoms with van der Waals surface area (Å²) in [5.41, 5.74) is 0.342. The number of hydrogen-bond donors (Lipinski definition) is 2. The number of aliphatic hydroxyl groups is 1. The summed E-state index contributed by atoms with van der Waals surface area (Å²) in [6, 6.07) is 7.16. The van der Waals surface area contributed by atoms with Crippen LogP contribution in [0.1, 0.15) is 50.9 Å². The third-order valence-electron chi connectivity index (χ3n) is 3.93. The molecule has 1 amide bonds. The summed E-state index contributed by atoms with van der Waals surface area (Å²) in [6.45, 7) is 8.52. The van der Waals surface area contributed by atoms with Gasteiger partial charge >= 0.3 is 0 Å². The molecule has 0 fully saturated rings. The Morgan fingerprint density at radius 2 is 2.00 bits per heavy atom. The maximum Gasteiger partial charge on any atom is 0.251 e. The van der Waals surface area contributed by atoms with Crippen molar-refractivity contribution in [3.05, 3.63) is 29.8 Å². The highest BCUT2D eigenvalue weighted by Gasteiger charge is 2.26. The van der Waals surface area contributed by atoms with Gasteiger partial charge < -0.3 is 15.2 Å². The second-order valence-corrected chi connectivity index (χ2v) is 5.74. The van der Waals surface area contributed by atoms with Crippen molar-refractivity contribution >= 4 is 5.91 Å². The standard InChI is InChI=1S/C17H27NO3/c1-5-17(6-2,12-19)11-18-16(20)14-8-7-9-15(10-14)21-13(3)4/h7-10,13,19H,5-6,11-12H2,1-4H3,(H,18,20). The Labute approximate surface area is 127 Å². The first kappa shape index (κ1) is 17.5. The number of hydrogen-bond acceptors (Lipinski definition) is 3. The van der Waals surface area contributed by atoms with Gasteiger partial charge in [0.25, 0.3) is 5.91 Å². The molecule has 0 aliphatic heterocycles. The van der Waals surface area contributed by atoms with Crippen LogP contribution in [0.4, 0.5) is 0 Å². The van der Waals surface area contributed by atoms with Gasteiger partial charge in [-0.15, -0.1) is 0 Å². The van der Waals surface area contributed by atoms with Gasteiger partial charge in [0.05, 0.1) is 12.7 Å². The molecule has 21 heavy (non-hydrogen) atoms. The van der Waals surface area contributed by atoms with Crippen LogP contribution in [0.2, 0.25) is 0 Å². The lowest BCUT2D eigenvalue weighted by Gasteiger charge is -2.29. The van der Waals surface area contributed by atoms with Crippen LogP contribution >= 0.6 is 0 Å². The SMILES string of the molecule is CCC(CC)(CO)CNC(=O)c1cccc(OC(C)C)c1. The molecule has 0 heterocycles. The Balaban J connectivity index is 2.71. The Morgan fingerprint density at radius 3 is 2.52 bits per heavy atom. The van der Waals surface area contributed by atoms with E-state index in [9.17, 15) is 9.90 Å². The Kier molecular flexibility index (Phi) is 6.69. The number of benzene rings is 1. The molecule has 0 aromatic heterocycles. The van der Waals surface area contributed by atoms with Crippen LogP contribution in [0.3, 0.4) is 0 Å². The number of rotatable bonds is 8. The minimum Gasteiger partial charge on any atom is -0.491 e. The number of carbonyl (C=O) groups is 1. The van der Waals surface area contributed by atoms with Gasteiger partial charge in [-0.25, -0.2) is 0 Å². The monoisotopic (exact) mass is 293 g/mol. The van der Waals surface area contributed by atoms with Crippen molar-refractivity contribution in [1.82, 2.24) is 5.32 Å². The van der Waals surface area contributed by atoms with Crippen LogP contribution in [-0.2, 0) is 0 Å². The zero-order valence-electron chi connectivity index (χ0n) is 13.5. The van der Waals surface area contributed by atoms with Gasteiger partial charge in [-0.05, 0) is 44.9 Å². The van der Waals surface area contributed by atoms with E-state index < -0.39 is 0 Å². The van der Waals surface area contributed by atoms with Crippen molar-refractivity contribution in [2.75, 3.05) is 13.2 Å². The molecule has 0 aliphatic rings. The fourth-order valence-electron chi connectivity index (χ4n) is 2.13. The maximum atomic E-state index is 12.2. The molecule has 118 valence electrons. The number of ether oxygens (including phenoxy) is 1. The van der Waals surface area contributed by atoms with Crippen LogP contribution in [0.5, 0.6) is 5.75 Å². The van der Waals surface area contributed by atoms with Gasteiger partial charge in [0, 0.05) is 17.5 Å². The first-order valence-corrected chi connectivity index (χ1v) is 7.62. The molecule has 0 aliphatic carbocycles. The highest BCUT2D eigenvalue weighted by atomic mass is 16.5. The molecular weight excluding hydrogens is 266 g/mol. The largest absolute Gasteiger partial charge is 0.491 e. The Bertz CT molecular complexity index is 445. The van der Waals surface area contributed by atoms with E-state index in [2.05, 4.69) is 5.32 Å². The summed E-state index contributed by atoms with van der Waals surface area (Å²) in [6.07, 6.45) is 1.73. The maximum absolute atomic E-state index is 12.2. The van der Waals surface area contributed by atoms with E-state index in [1.54, 1.807) is 12.1 Å². The lowest BCUT2D eigenvalue weighted by atomic mass is 9.83. The normalized spacial score (nSPS) is 11.5. The second kappa shape index (κ2) is 8.03. The van der Waals surface area contributed by atoms with Crippen LogP contribution in [0.15, 0.2) is 24.3 Å². The molecule has 1 rings (SSSR count). The number of nitrogens with one attached hydrogen (secondary N) is 1. The molecule has 4 nitrogen and oxygen atoms in total. The van der Waals surface area contributed by atoms with Gasteiger partial charge in [-0.1, -0.05) is 19.9 Å². The third kappa shape index (κ3) is 5.05. The summed E-state index contributed by atoms with van der Waals surface area (Å²) in [5, 5.41) is 12.5. The molecule has 0 bridgehead atoms. The molecule has 0 unspecified atom stereocenters. The van der Waals surface area contributed by atoms with E-state index in [1.165, 1.54) is 0 Å². The van der Waals surface area contributed by atoms with Crippen molar-refractivity contribution in [3.63, 3.8) is 0 Å². The lowest BCUT2D eigenvalue weighted by molar-refractivity contribution is 0.0850. The van der Waals surface area contributed by atoms with Crippen LogP contribution in [0, 0.1) is 5.41 Å². The average molecular weight is 293 g/mol. The number of amides is 1. The number of carbonyl (C=O) groups excluding carboxylic acids is 1. The fourth-order valence-corrected chi connectivity index (χ4v) is 2.13. The van der Waals surface area contributed by atoms with E-state index in [1.807, 2.05) is 39.8 Å². The van der Waals surface area contributed by atoms with Gasteiger partial charge in [-0.3, -0.25) is 4.79 Å². The Morgan fingerprint density at radius 1 is 1.33 bits per heavy atom. The van der Waals surface area contributed by atoms with Crippen LogP contribution in [0.25, 0.3) is 0 Å². The zero-order valence-corrected chi connectivity index (χ0v) is 13.5. The third-order valence-corrected chi connectivity index (χ3v) is 3.93. The molecule has 2 N–H and O–H groups in total. The summed E-state index contributed by atoms with van der Waals surface area (Å²) in [7, 11) is 0. The van der Waals surface area contributed by atoms with Crippen molar-refractivity contribution in [1.29, 1.82) is 0 Å². The molecule has 0 saturated carbocycles. The van der Waals surface area contributed by atoms with Crippen molar-refractivity contribution in [3.8, 4) is 5.75 Å². The summed E-state index contributed by atoms with van der Waals surface area (Å²) < 4.78 is 5.59. The predicted molar refractivity (Wildman–Crippen MR) is 84.6 cm³/mol. The van der Waals surface area contributed by atoms with Crippen LogP contribution < -0.4 is 10.1 Å². The Hall–Kier alpha value is -1.55. The van der Waals surface area contributed by atoms with E-state index in [-0.39, 0.29) is 24.0 Å². The molecule has 0 saturated heterocycles. The van der Waals surface area contributed by atoms with E-state index >= 15 is 0 Å². The highest BCUT2D eigenvalue weighted by Crippen LogP contribution is 2.24. The molecular formula is C17H27NO3. The summed E-state index contributed by atoms with van der Waals surface area (Å²) in [4.78, 5) is 12.2. The van der Waals surface area contributed by atoms with Crippen LogP contribution in [-0.4, -0.2) is 30.3 Å². The van der Waals surface area contributed by atoms with Crippen molar-refractivity contribution in [2.45, 2.75) is 46.6 Å². The molecule has 4 heteroatoms. The zero-order chi connectivity index (χ0) is 15.9. The van der Waals surface area contributed by atoms with E-state index in [4.69, 9.17) is 4.74 Å². The topological polar surface area (TPSA) is 58.6 Å². The minimum atomic E-state index is -0.234. The van der Waals surface area contributed by atoms with E-state index in [0.29, 0.717) is 17.9 Å². The average Bonchev–Trinajstić information content (AvgIpc) is 2.48. The van der Waals surface area contributed by atoms with Crippen molar-refractivity contribution in [2.24, 2.45) is 5.41 Å². The minimum absolute atomic E-state index is 0.0746. The lowest BCUT2D eigenvalue weighted by Crippen LogP contribution is -2.39. The van der Waals surface area contributed by atoms with Gasteiger partial charge in [0.15, 0.2) is 0 Å². The first-order chi connectivity index (χ1) is 9.96.